The van der Waals surface area contributed by atoms with Crippen LogP contribution in [0.2, 0.25) is 0 Å². The van der Waals surface area contributed by atoms with Gasteiger partial charge in [-0.25, -0.2) is 4.79 Å². The average molecular weight is 502 g/mol. The lowest BCUT2D eigenvalue weighted by molar-refractivity contribution is -0.267. The summed E-state index contributed by atoms with van der Waals surface area (Å²) in [7, 11) is 0. The molecule has 7 heteroatoms. The van der Waals surface area contributed by atoms with Crippen molar-refractivity contribution in [2.24, 2.45) is 45.8 Å². The van der Waals surface area contributed by atoms with Crippen molar-refractivity contribution < 1.29 is 28.7 Å². The zero-order chi connectivity index (χ0) is 25.6. The maximum atomic E-state index is 14.4. The molecule has 3 heterocycles. The molecular formula is C30H31NO6. The fourth-order valence-corrected chi connectivity index (χ4v) is 11.7. The number of ether oxygens (including phenoxy) is 2. The van der Waals surface area contributed by atoms with E-state index in [1.54, 1.807) is 24.3 Å². The number of carbonyl (C=O) groups excluding carboxylic acids is 4. The van der Waals surface area contributed by atoms with Crippen molar-refractivity contribution in [3.63, 3.8) is 0 Å². The molecular weight excluding hydrogens is 470 g/mol. The molecule has 1 aromatic carbocycles. The minimum atomic E-state index is -0.728. The summed E-state index contributed by atoms with van der Waals surface area (Å²) in [5.74, 6) is -1.25. The van der Waals surface area contributed by atoms with Crippen LogP contribution in [0.4, 0.5) is 0 Å². The van der Waals surface area contributed by atoms with Crippen LogP contribution in [0, 0.1) is 45.8 Å². The number of rotatable bonds is 3. The number of ketones is 2. The van der Waals surface area contributed by atoms with Gasteiger partial charge >= 0.3 is 11.9 Å². The van der Waals surface area contributed by atoms with Gasteiger partial charge in [0.15, 0.2) is 0 Å². The molecule has 0 N–H and O–H groups in total. The van der Waals surface area contributed by atoms with Crippen LogP contribution >= 0.6 is 0 Å². The highest BCUT2D eigenvalue weighted by Crippen LogP contribution is 2.85. The van der Waals surface area contributed by atoms with E-state index in [0.29, 0.717) is 29.9 Å². The summed E-state index contributed by atoms with van der Waals surface area (Å²) in [6.45, 7) is 9.70. The largest absolute Gasteiger partial charge is 0.457 e. The van der Waals surface area contributed by atoms with Gasteiger partial charge < -0.3 is 9.47 Å². The number of piperidine rings is 3. The summed E-state index contributed by atoms with van der Waals surface area (Å²) in [6.07, 6.45) is 0.404. The van der Waals surface area contributed by atoms with Gasteiger partial charge in [0.05, 0.1) is 11.5 Å². The lowest BCUT2D eigenvalue weighted by atomic mass is 9.35. The number of hydrogen-bond acceptors (Lipinski definition) is 7. The highest BCUT2D eigenvalue weighted by molar-refractivity contribution is 5.95. The van der Waals surface area contributed by atoms with Gasteiger partial charge in [0.1, 0.15) is 23.8 Å². The van der Waals surface area contributed by atoms with Crippen molar-refractivity contribution in [1.82, 2.24) is 4.90 Å². The Bertz CT molecular complexity index is 1320. The Hall–Kier alpha value is -2.80. The molecule has 2 spiro atoms. The Labute approximate surface area is 215 Å². The molecule has 6 saturated carbocycles. The lowest BCUT2D eigenvalue weighted by Gasteiger charge is -2.73. The molecule has 6 unspecified atom stereocenters. The third-order valence-electron chi connectivity index (χ3n) is 11.6. The highest BCUT2D eigenvalue weighted by atomic mass is 16.6. The Kier molecular flexibility index (Phi) is 3.96. The molecule has 9 aliphatic rings. The molecule has 3 aliphatic heterocycles. The fraction of sp³-hybridized carbons (Fsp3) is 0.600. The smallest absolute Gasteiger partial charge is 0.338 e. The predicted octanol–water partition coefficient (Wildman–Crippen LogP) is 2.83. The number of benzene rings is 1. The third-order valence-corrected chi connectivity index (χ3v) is 11.6. The first-order valence-corrected chi connectivity index (χ1v) is 13.5. The van der Waals surface area contributed by atoms with Crippen LogP contribution < -0.4 is 0 Å². The van der Waals surface area contributed by atoms with Gasteiger partial charge in [-0.15, -0.1) is 0 Å². The Balaban J connectivity index is 1.36. The Morgan fingerprint density at radius 1 is 1.05 bits per heavy atom. The van der Waals surface area contributed by atoms with E-state index in [0.717, 1.165) is 19.5 Å². The van der Waals surface area contributed by atoms with Crippen molar-refractivity contribution in [1.29, 1.82) is 0 Å². The Morgan fingerprint density at radius 3 is 2.54 bits per heavy atom. The minimum Gasteiger partial charge on any atom is -0.457 e. The number of esters is 2. The van der Waals surface area contributed by atoms with Crippen LogP contribution in [0.3, 0.4) is 0 Å². The van der Waals surface area contributed by atoms with Crippen molar-refractivity contribution in [3.05, 3.63) is 48.0 Å². The first kappa shape index (κ1) is 22.2. The maximum absolute atomic E-state index is 14.4. The highest BCUT2D eigenvalue weighted by Gasteiger charge is 2.90. The maximum Gasteiger partial charge on any atom is 0.338 e. The van der Waals surface area contributed by atoms with Gasteiger partial charge in [-0.05, 0) is 41.4 Å². The molecule has 1 aromatic rings. The van der Waals surface area contributed by atoms with Gasteiger partial charge in [0.2, 0.25) is 0 Å². The van der Waals surface area contributed by atoms with Crippen LogP contribution in [-0.4, -0.2) is 59.7 Å². The van der Waals surface area contributed by atoms with E-state index in [1.165, 1.54) is 6.92 Å². The van der Waals surface area contributed by atoms with Crippen molar-refractivity contribution in [2.75, 3.05) is 13.1 Å². The van der Waals surface area contributed by atoms with E-state index in [4.69, 9.17) is 9.47 Å². The van der Waals surface area contributed by atoms with Crippen LogP contribution in [-0.2, 0) is 23.9 Å². The Morgan fingerprint density at radius 2 is 1.81 bits per heavy atom. The summed E-state index contributed by atoms with van der Waals surface area (Å²) < 4.78 is 12.4. The van der Waals surface area contributed by atoms with E-state index in [9.17, 15) is 19.2 Å². The molecule has 6 aliphatic carbocycles. The predicted molar refractivity (Wildman–Crippen MR) is 130 cm³/mol. The van der Waals surface area contributed by atoms with Crippen molar-refractivity contribution in [3.8, 4) is 0 Å². The fourth-order valence-electron chi connectivity index (χ4n) is 11.7. The molecule has 192 valence electrons. The summed E-state index contributed by atoms with van der Waals surface area (Å²) >= 11 is 0. The number of nitrogens with zero attached hydrogens (tertiary/aromatic N) is 1. The second-order valence-corrected chi connectivity index (χ2v) is 13.2. The normalized spacial score (nSPS) is 51.4. The molecule has 9 fully saturated rings. The number of carbonyl (C=O) groups is 4. The van der Waals surface area contributed by atoms with Crippen molar-refractivity contribution in [2.45, 2.75) is 51.4 Å². The lowest BCUT2D eigenvalue weighted by Crippen LogP contribution is -2.77. The van der Waals surface area contributed by atoms with E-state index >= 15 is 0 Å². The first-order valence-electron chi connectivity index (χ1n) is 13.5. The minimum absolute atomic E-state index is 0.0605. The van der Waals surface area contributed by atoms with Gasteiger partial charge in [0.25, 0.3) is 0 Å². The molecule has 0 amide bonds. The molecule has 37 heavy (non-hydrogen) atoms. The number of Topliss-reactive ketones (excluding diaryl/α,β-unsaturated/α-hetero) is 2. The van der Waals surface area contributed by atoms with Gasteiger partial charge in [-0.2, -0.15) is 0 Å². The molecule has 12 atom stereocenters. The number of hydrogen-bond donors (Lipinski definition) is 0. The first-order chi connectivity index (χ1) is 17.6. The van der Waals surface area contributed by atoms with Gasteiger partial charge in [-0.3, -0.25) is 19.3 Å². The van der Waals surface area contributed by atoms with E-state index in [-0.39, 0.29) is 40.8 Å². The van der Waals surface area contributed by atoms with Crippen LogP contribution in [0.15, 0.2) is 42.5 Å². The monoisotopic (exact) mass is 501 g/mol. The standard InChI is InChI=1S/C30H31NO6/c1-14-19-21(34)20-25-30-11-18(33)10-28(3)13-31(25)12-17(23(28)30)9-29(20,26(14)36-15(2)32)24(30)22(19)37-27(35)16-7-5-4-6-8-16/h4-8,17,19-20,22-26H,1,9-13H2,2-3H3/t17?,19-,20-,22?,23?,24?,25?,26+,28-,29-,30-/m0/s1. The zero-order valence-electron chi connectivity index (χ0n) is 21.1. The van der Waals surface area contributed by atoms with E-state index < -0.39 is 40.9 Å². The second kappa shape index (κ2) is 6.60. The summed E-state index contributed by atoms with van der Waals surface area (Å²) in [4.78, 5) is 56.2. The summed E-state index contributed by atoms with van der Waals surface area (Å²) in [5.41, 5.74) is -0.314. The molecule has 3 saturated heterocycles. The third kappa shape index (κ3) is 2.27. The SMILES string of the molecule is C=C1[C@H]2C(=O)[C@H]3C4N5CC6C[C@]3(C(C2OC(=O)c2ccccc2)[C@@]42CC(=O)C[C@@](C)(C5)C62)[C@@H]1OC(C)=O. The number of fused-ring (bicyclic) bond motifs is 1. The topological polar surface area (TPSA) is 90.0 Å². The molecule has 9 bridgehead atoms. The quantitative estimate of drug-likeness (QED) is 0.465. The van der Waals surface area contributed by atoms with Crippen LogP contribution in [0.5, 0.6) is 0 Å². The molecule has 7 nitrogen and oxygen atoms in total. The van der Waals surface area contributed by atoms with Gasteiger partial charge in [-0.1, -0.05) is 31.7 Å². The van der Waals surface area contributed by atoms with Crippen molar-refractivity contribution >= 4 is 23.5 Å². The molecule has 0 aromatic heterocycles. The average Bonchev–Trinajstić information content (AvgIpc) is 2.88. The molecule has 10 rings (SSSR count). The second-order valence-electron chi connectivity index (χ2n) is 13.2. The zero-order valence-corrected chi connectivity index (χ0v) is 21.1. The molecule has 0 radical (unpaired) electrons. The van der Waals surface area contributed by atoms with Crippen LogP contribution in [0.25, 0.3) is 0 Å². The van der Waals surface area contributed by atoms with Crippen LogP contribution in [0.1, 0.15) is 43.5 Å². The summed E-state index contributed by atoms with van der Waals surface area (Å²) in [6, 6.07) is 8.77. The van der Waals surface area contributed by atoms with E-state index in [1.807, 2.05) is 6.07 Å². The summed E-state index contributed by atoms with van der Waals surface area (Å²) in [5, 5.41) is 0. The van der Waals surface area contributed by atoms with E-state index in [2.05, 4.69) is 18.4 Å². The van der Waals surface area contributed by atoms with Gasteiger partial charge in [0, 0.05) is 61.6 Å².